The summed E-state index contributed by atoms with van der Waals surface area (Å²) in [6, 6.07) is 12.1. The molecule has 0 radical (unpaired) electrons. The van der Waals surface area contributed by atoms with E-state index < -0.39 is 16.1 Å². The van der Waals surface area contributed by atoms with Crippen LogP contribution in [0.3, 0.4) is 0 Å². The van der Waals surface area contributed by atoms with Gasteiger partial charge in [0, 0.05) is 0 Å². The van der Waals surface area contributed by atoms with Crippen LogP contribution in [0.25, 0.3) is 0 Å². The quantitative estimate of drug-likeness (QED) is 0.687. The van der Waals surface area contributed by atoms with Crippen molar-refractivity contribution < 1.29 is 17.9 Å². The maximum Gasteiger partial charge on any atom is 0.243 e. The molecule has 0 aliphatic carbocycles. The fourth-order valence-corrected chi connectivity index (χ4v) is 4.25. The minimum absolute atomic E-state index is 0.279. The van der Waals surface area contributed by atoms with Crippen molar-refractivity contribution in [1.29, 1.82) is 0 Å². The number of carbonyl (C=O) groups is 1. The third-order valence-electron chi connectivity index (χ3n) is 4.21. The van der Waals surface area contributed by atoms with E-state index in [0.717, 1.165) is 33.0 Å². The number of aryl methyl sites for hydroxylation is 3. The van der Waals surface area contributed by atoms with E-state index in [9.17, 15) is 13.2 Å². The monoisotopic (exact) mass is 404 g/mol. The van der Waals surface area contributed by atoms with Gasteiger partial charge in [0.05, 0.1) is 18.5 Å². The van der Waals surface area contributed by atoms with Gasteiger partial charge in [-0.3, -0.25) is 9.10 Å². The first-order valence-corrected chi connectivity index (χ1v) is 11.0. The molecule has 2 aromatic rings. The summed E-state index contributed by atoms with van der Waals surface area (Å²) in [4.78, 5) is 12.5. The Hall–Kier alpha value is -2.54. The molecule has 2 rings (SSSR count). The van der Waals surface area contributed by atoms with Crippen LogP contribution in [-0.4, -0.2) is 39.8 Å². The number of anilines is 1. The molecule has 0 aromatic heterocycles. The van der Waals surface area contributed by atoms with Crippen molar-refractivity contribution in [3.8, 4) is 5.75 Å². The molecule has 1 amide bonds. The average Bonchev–Trinajstić information content (AvgIpc) is 2.56. The van der Waals surface area contributed by atoms with E-state index in [4.69, 9.17) is 4.74 Å². The van der Waals surface area contributed by atoms with Gasteiger partial charge in [-0.05, 0) is 68.7 Å². The molecule has 0 saturated heterocycles. The molecule has 1 atom stereocenters. The molecular weight excluding hydrogens is 376 g/mol. The highest BCUT2D eigenvalue weighted by Crippen LogP contribution is 2.22. The van der Waals surface area contributed by atoms with Crippen LogP contribution in [0.1, 0.15) is 23.6 Å². The van der Waals surface area contributed by atoms with Crippen molar-refractivity contribution in [1.82, 2.24) is 5.32 Å². The van der Waals surface area contributed by atoms with E-state index >= 15 is 0 Å². The number of nitrogens with zero attached hydrogens (tertiary/aromatic N) is 1. The van der Waals surface area contributed by atoms with E-state index in [2.05, 4.69) is 11.4 Å². The van der Waals surface area contributed by atoms with E-state index in [1.807, 2.05) is 39.0 Å². The predicted molar refractivity (Wildman–Crippen MR) is 112 cm³/mol. The topological polar surface area (TPSA) is 75.7 Å². The van der Waals surface area contributed by atoms with Crippen molar-refractivity contribution in [3.05, 3.63) is 59.2 Å². The number of ether oxygens (including phenoxy) is 1. The second-order valence-electron chi connectivity index (χ2n) is 7.04. The van der Waals surface area contributed by atoms with Crippen molar-refractivity contribution >= 4 is 21.6 Å². The van der Waals surface area contributed by atoms with Crippen LogP contribution in [0.4, 0.5) is 5.69 Å². The summed E-state index contributed by atoms with van der Waals surface area (Å²) in [5, 5.41) is 2.75. The standard InChI is InChI=1S/C21H28N2O4S/c1-15-7-6-8-19(12-15)23(28(5,25)26)18(4)21(24)22-9-10-27-20-13-16(2)11-17(3)14-20/h6-8,11-14,18H,9-10H2,1-5H3,(H,22,24)/t18-/m1/s1. The van der Waals surface area contributed by atoms with Crippen molar-refractivity contribution in [2.75, 3.05) is 23.7 Å². The molecule has 0 fully saturated rings. The first kappa shape index (κ1) is 21.8. The van der Waals surface area contributed by atoms with E-state index in [1.54, 1.807) is 25.1 Å². The SMILES string of the molecule is Cc1cc(C)cc(OCCNC(=O)[C@@H](C)N(c2cccc(C)c2)S(C)(=O)=O)c1. The summed E-state index contributed by atoms with van der Waals surface area (Å²) in [6.45, 7) is 8.01. The zero-order valence-electron chi connectivity index (χ0n) is 17.0. The normalized spacial score (nSPS) is 12.3. The second kappa shape index (κ2) is 9.10. The molecule has 152 valence electrons. The Morgan fingerprint density at radius 3 is 2.29 bits per heavy atom. The molecule has 1 N–H and O–H groups in total. The fraction of sp³-hybridized carbons (Fsp3) is 0.381. The zero-order valence-corrected chi connectivity index (χ0v) is 17.8. The highest BCUT2D eigenvalue weighted by atomic mass is 32.2. The fourth-order valence-electron chi connectivity index (χ4n) is 3.08. The van der Waals surface area contributed by atoms with Gasteiger partial charge in [0.1, 0.15) is 18.4 Å². The highest BCUT2D eigenvalue weighted by molar-refractivity contribution is 7.92. The van der Waals surface area contributed by atoms with Gasteiger partial charge in [-0.25, -0.2) is 8.42 Å². The van der Waals surface area contributed by atoms with Crippen LogP contribution < -0.4 is 14.4 Å². The average molecular weight is 405 g/mol. The first-order valence-electron chi connectivity index (χ1n) is 9.13. The summed E-state index contributed by atoms with van der Waals surface area (Å²) < 4.78 is 31.4. The molecule has 0 heterocycles. The maximum absolute atomic E-state index is 12.5. The number of hydrogen-bond acceptors (Lipinski definition) is 4. The molecule has 0 aliphatic rings. The summed E-state index contributed by atoms with van der Waals surface area (Å²) in [7, 11) is -3.62. The van der Waals surface area contributed by atoms with Crippen LogP contribution in [0.5, 0.6) is 5.75 Å². The van der Waals surface area contributed by atoms with E-state index in [0.29, 0.717) is 12.3 Å². The lowest BCUT2D eigenvalue weighted by Gasteiger charge is -2.28. The van der Waals surface area contributed by atoms with Crippen LogP contribution >= 0.6 is 0 Å². The van der Waals surface area contributed by atoms with Gasteiger partial charge in [0.2, 0.25) is 15.9 Å². The van der Waals surface area contributed by atoms with Gasteiger partial charge in [-0.15, -0.1) is 0 Å². The number of nitrogens with one attached hydrogen (secondary N) is 1. The Morgan fingerprint density at radius 2 is 1.71 bits per heavy atom. The summed E-state index contributed by atoms with van der Waals surface area (Å²) in [5.74, 6) is 0.369. The summed E-state index contributed by atoms with van der Waals surface area (Å²) in [6.07, 6.45) is 1.10. The molecule has 0 aliphatic heterocycles. The van der Waals surface area contributed by atoms with Crippen LogP contribution in [0.2, 0.25) is 0 Å². The smallest absolute Gasteiger partial charge is 0.243 e. The lowest BCUT2D eigenvalue weighted by molar-refractivity contribution is -0.121. The van der Waals surface area contributed by atoms with E-state index in [1.165, 1.54) is 0 Å². The van der Waals surface area contributed by atoms with Crippen molar-refractivity contribution in [2.45, 2.75) is 33.7 Å². The zero-order chi connectivity index (χ0) is 20.9. The molecule has 0 bridgehead atoms. The molecule has 0 saturated carbocycles. The van der Waals surface area contributed by atoms with Crippen LogP contribution in [0.15, 0.2) is 42.5 Å². The third kappa shape index (κ3) is 5.99. The van der Waals surface area contributed by atoms with Gasteiger partial charge in [-0.2, -0.15) is 0 Å². The molecule has 2 aromatic carbocycles. The lowest BCUT2D eigenvalue weighted by atomic mass is 10.1. The molecular formula is C21H28N2O4S. The molecule has 28 heavy (non-hydrogen) atoms. The first-order chi connectivity index (χ1) is 13.1. The molecule has 0 spiro atoms. The number of carbonyl (C=O) groups excluding carboxylic acids is 1. The Labute approximate surface area is 167 Å². The largest absolute Gasteiger partial charge is 0.492 e. The van der Waals surface area contributed by atoms with Gasteiger partial charge < -0.3 is 10.1 Å². The molecule has 7 heteroatoms. The molecule has 0 unspecified atom stereocenters. The third-order valence-corrected chi connectivity index (χ3v) is 5.45. The second-order valence-corrected chi connectivity index (χ2v) is 8.90. The minimum Gasteiger partial charge on any atom is -0.492 e. The van der Waals surface area contributed by atoms with Gasteiger partial charge in [-0.1, -0.05) is 18.2 Å². The molecule has 6 nitrogen and oxygen atoms in total. The Balaban J connectivity index is 1.99. The number of hydrogen-bond donors (Lipinski definition) is 1. The van der Waals surface area contributed by atoms with Gasteiger partial charge in [0.25, 0.3) is 0 Å². The number of amides is 1. The highest BCUT2D eigenvalue weighted by Gasteiger charge is 2.28. The minimum atomic E-state index is -3.62. The van der Waals surface area contributed by atoms with Crippen molar-refractivity contribution in [3.63, 3.8) is 0 Å². The van der Waals surface area contributed by atoms with Crippen molar-refractivity contribution in [2.24, 2.45) is 0 Å². The van der Waals surface area contributed by atoms with Crippen LogP contribution in [0, 0.1) is 20.8 Å². The van der Waals surface area contributed by atoms with Gasteiger partial charge >= 0.3 is 0 Å². The van der Waals surface area contributed by atoms with Gasteiger partial charge in [0.15, 0.2) is 0 Å². The summed E-state index contributed by atoms with van der Waals surface area (Å²) >= 11 is 0. The number of benzene rings is 2. The van der Waals surface area contributed by atoms with E-state index in [-0.39, 0.29) is 12.5 Å². The van der Waals surface area contributed by atoms with Crippen LogP contribution in [-0.2, 0) is 14.8 Å². The number of rotatable bonds is 8. The number of sulfonamides is 1. The Kier molecular flexibility index (Phi) is 7.07. The Bertz CT molecular complexity index is 921. The summed E-state index contributed by atoms with van der Waals surface area (Å²) in [5.41, 5.74) is 3.60. The maximum atomic E-state index is 12.5. The lowest BCUT2D eigenvalue weighted by Crippen LogP contribution is -2.48. The Morgan fingerprint density at radius 1 is 1.07 bits per heavy atom. The predicted octanol–water partition coefficient (Wildman–Crippen LogP) is 2.96.